The first kappa shape index (κ1) is 14.9. The van der Waals surface area contributed by atoms with E-state index in [-0.39, 0.29) is 0 Å². The first-order valence-corrected chi connectivity index (χ1v) is 7.49. The number of hydrogen-bond acceptors (Lipinski definition) is 4. The Bertz CT molecular complexity index is 548. The van der Waals surface area contributed by atoms with Crippen molar-refractivity contribution in [2.45, 2.75) is 52.6 Å². The second-order valence-corrected chi connectivity index (χ2v) is 5.61. The number of nitrogens with two attached hydrogens (primary N) is 1. The average Bonchev–Trinajstić information content (AvgIpc) is 2.79. The molecule has 4 nitrogen and oxygen atoms in total. The highest BCUT2D eigenvalue weighted by molar-refractivity contribution is 5.76. The Balaban J connectivity index is 2.07. The quantitative estimate of drug-likeness (QED) is 0.616. The van der Waals surface area contributed by atoms with Crippen molar-refractivity contribution in [3.8, 4) is 0 Å². The molecule has 0 unspecified atom stereocenters. The molecule has 2 rings (SSSR count). The molecular weight excluding hydrogens is 250 g/mol. The minimum atomic E-state index is 0.493. The maximum atomic E-state index is 5.80. The molecule has 0 atom stereocenters. The van der Waals surface area contributed by atoms with Gasteiger partial charge in [0.2, 0.25) is 5.89 Å². The van der Waals surface area contributed by atoms with Crippen LogP contribution in [0.4, 0.5) is 5.69 Å². The monoisotopic (exact) mass is 275 g/mol. The molecule has 1 heterocycles. The Kier molecular flexibility index (Phi) is 5.01. The van der Waals surface area contributed by atoms with Crippen LogP contribution >= 0.6 is 0 Å². The number of rotatable bonds is 7. The van der Waals surface area contributed by atoms with Crippen LogP contribution in [-0.2, 0) is 6.54 Å². The average molecular weight is 275 g/mol. The number of fused-ring (bicyclic) bond motifs is 1. The second kappa shape index (κ2) is 6.75. The Labute approximate surface area is 121 Å². The van der Waals surface area contributed by atoms with E-state index in [1.807, 2.05) is 18.2 Å². The van der Waals surface area contributed by atoms with E-state index in [0.29, 0.717) is 11.7 Å². The summed E-state index contributed by atoms with van der Waals surface area (Å²) in [5.74, 6) is 0.774. The normalized spacial score (nSPS) is 11.8. The lowest BCUT2D eigenvalue weighted by atomic mass is 10.2. The zero-order chi connectivity index (χ0) is 14.5. The fraction of sp³-hybridized carbons (Fsp3) is 0.562. The largest absolute Gasteiger partial charge is 0.439 e. The Morgan fingerprint density at radius 3 is 2.80 bits per heavy atom. The van der Waals surface area contributed by atoms with Gasteiger partial charge in [-0.25, -0.2) is 4.98 Å². The molecule has 1 aromatic carbocycles. The molecular formula is C16H25N3O. The third-order valence-electron chi connectivity index (χ3n) is 3.57. The van der Waals surface area contributed by atoms with Crippen LogP contribution in [0.25, 0.3) is 11.1 Å². The van der Waals surface area contributed by atoms with Gasteiger partial charge in [-0.2, -0.15) is 0 Å². The van der Waals surface area contributed by atoms with Crippen LogP contribution in [0.3, 0.4) is 0 Å². The molecule has 0 aliphatic rings. The summed E-state index contributed by atoms with van der Waals surface area (Å²) in [4.78, 5) is 6.95. The van der Waals surface area contributed by atoms with Gasteiger partial charge in [-0.1, -0.05) is 19.8 Å². The van der Waals surface area contributed by atoms with Gasteiger partial charge in [0.1, 0.15) is 5.52 Å². The molecule has 0 radical (unpaired) electrons. The number of hydrogen-bond donors (Lipinski definition) is 1. The van der Waals surface area contributed by atoms with Crippen molar-refractivity contribution >= 4 is 16.8 Å². The van der Waals surface area contributed by atoms with Gasteiger partial charge in [-0.05, 0) is 38.9 Å². The minimum absolute atomic E-state index is 0.493. The van der Waals surface area contributed by atoms with E-state index < -0.39 is 0 Å². The highest BCUT2D eigenvalue weighted by atomic mass is 16.3. The maximum Gasteiger partial charge on any atom is 0.209 e. The number of aromatic nitrogens is 1. The lowest BCUT2D eigenvalue weighted by Crippen LogP contribution is -2.31. The second-order valence-electron chi connectivity index (χ2n) is 5.61. The molecule has 0 saturated heterocycles. The smallest absolute Gasteiger partial charge is 0.209 e. The van der Waals surface area contributed by atoms with Crippen LogP contribution in [0.2, 0.25) is 0 Å². The number of nitrogen functional groups attached to an aromatic ring is 1. The van der Waals surface area contributed by atoms with Gasteiger partial charge in [-0.3, -0.25) is 4.90 Å². The highest BCUT2D eigenvalue weighted by Gasteiger charge is 2.14. The SMILES string of the molecule is CCCCCN(Cc1nc2ccc(N)cc2o1)C(C)C. The Morgan fingerprint density at radius 1 is 1.30 bits per heavy atom. The van der Waals surface area contributed by atoms with Gasteiger partial charge in [0.25, 0.3) is 0 Å². The van der Waals surface area contributed by atoms with Crippen LogP contribution in [0, 0.1) is 0 Å². The summed E-state index contributed by atoms with van der Waals surface area (Å²) in [7, 11) is 0. The molecule has 110 valence electrons. The van der Waals surface area contributed by atoms with Crippen LogP contribution in [-0.4, -0.2) is 22.5 Å². The molecule has 0 bridgehead atoms. The summed E-state index contributed by atoms with van der Waals surface area (Å²) < 4.78 is 5.80. The highest BCUT2D eigenvalue weighted by Crippen LogP contribution is 2.20. The van der Waals surface area contributed by atoms with Crippen molar-refractivity contribution in [3.63, 3.8) is 0 Å². The lowest BCUT2D eigenvalue weighted by Gasteiger charge is -2.24. The van der Waals surface area contributed by atoms with E-state index in [2.05, 4.69) is 30.7 Å². The van der Waals surface area contributed by atoms with Crippen molar-refractivity contribution in [2.24, 2.45) is 0 Å². The third-order valence-corrected chi connectivity index (χ3v) is 3.57. The molecule has 0 aliphatic carbocycles. The van der Waals surface area contributed by atoms with Crippen molar-refractivity contribution in [2.75, 3.05) is 12.3 Å². The summed E-state index contributed by atoms with van der Waals surface area (Å²) in [6, 6.07) is 6.10. The molecule has 0 amide bonds. The molecule has 1 aromatic heterocycles. The number of anilines is 1. The van der Waals surface area contributed by atoms with Crippen LogP contribution in [0.15, 0.2) is 22.6 Å². The third kappa shape index (κ3) is 3.73. The summed E-state index contributed by atoms with van der Waals surface area (Å²) in [5, 5.41) is 0. The topological polar surface area (TPSA) is 55.3 Å². The van der Waals surface area contributed by atoms with Gasteiger partial charge in [0, 0.05) is 17.8 Å². The van der Waals surface area contributed by atoms with E-state index in [1.54, 1.807) is 0 Å². The number of benzene rings is 1. The number of nitrogens with zero attached hydrogens (tertiary/aromatic N) is 2. The summed E-state index contributed by atoms with van der Waals surface area (Å²) in [6.45, 7) is 8.51. The van der Waals surface area contributed by atoms with E-state index in [1.165, 1.54) is 19.3 Å². The van der Waals surface area contributed by atoms with E-state index >= 15 is 0 Å². The fourth-order valence-corrected chi connectivity index (χ4v) is 2.32. The summed E-state index contributed by atoms with van der Waals surface area (Å²) in [5.41, 5.74) is 8.13. The zero-order valence-electron chi connectivity index (χ0n) is 12.7. The van der Waals surface area contributed by atoms with Gasteiger partial charge in [0.15, 0.2) is 5.58 Å². The van der Waals surface area contributed by atoms with E-state index in [9.17, 15) is 0 Å². The Morgan fingerprint density at radius 2 is 2.10 bits per heavy atom. The van der Waals surface area contributed by atoms with Gasteiger partial charge < -0.3 is 10.2 Å². The van der Waals surface area contributed by atoms with Crippen molar-refractivity contribution in [1.29, 1.82) is 0 Å². The molecule has 0 fully saturated rings. The Hall–Kier alpha value is -1.55. The number of unbranched alkanes of at least 4 members (excludes halogenated alkanes) is 2. The first-order chi connectivity index (χ1) is 9.60. The predicted molar refractivity (Wildman–Crippen MR) is 83.5 cm³/mol. The van der Waals surface area contributed by atoms with Gasteiger partial charge >= 0.3 is 0 Å². The summed E-state index contributed by atoms with van der Waals surface area (Å²) in [6.07, 6.45) is 3.74. The molecule has 0 aliphatic heterocycles. The zero-order valence-corrected chi connectivity index (χ0v) is 12.7. The molecule has 20 heavy (non-hydrogen) atoms. The maximum absolute atomic E-state index is 5.80. The fourth-order valence-electron chi connectivity index (χ4n) is 2.32. The predicted octanol–water partition coefficient (Wildman–Crippen LogP) is 3.81. The molecule has 2 aromatic rings. The van der Waals surface area contributed by atoms with Crippen molar-refractivity contribution < 1.29 is 4.42 Å². The standard InChI is InChI=1S/C16H25N3O/c1-4-5-6-9-19(12(2)3)11-16-18-14-8-7-13(17)10-15(14)20-16/h7-8,10,12H,4-6,9,11,17H2,1-3H3. The summed E-state index contributed by atoms with van der Waals surface area (Å²) >= 11 is 0. The van der Waals surface area contributed by atoms with Crippen LogP contribution in [0.5, 0.6) is 0 Å². The lowest BCUT2D eigenvalue weighted by molar-refractivity contribution is 0.190. The minimum Gasteiger partial charge on any atom is -0.439 e. The van der Waals surface area contributed by atoms with Crippen molar-refractivity contribution in [3.05, 3.63) is 24.1 Å². The van der Waals surface area contributed by atoms with Gasteiger partial charge in [0.05, 0.1) is 6.54 Å². The van der Waals surface area contributed by atoms with Crippen molar-refractivity contribution in [1.82, 2.24) is 9.88 Å². The van der Waals surface area contributed by atoms with Crippen LogP contribution < -0.4 is 5.73 Å². The van der Waals surface area contributed by atoms with Gasteiger partial charge in [-0.15, -0.1) is 0 Å². The molecule has 0 saturated carbocycles. The molecule has 2 N–H and O–H groups in total. The van der Waals surface area contributed by atoms with E-state index in [4.69, 9.17) is 10.2 Å². The molecule has 4 heteroatoms. The molecule has 0 spiro atoms. The first-order valence-electron chi connectivity index (χ1n) is 7.49. The number of oxazole rings is 1. The van der Waals surface area contributed by atoms with E-state index in [0.717, 1.165) is 30.1 Å². The van der Waals surface area contributed by atoms with Crippen LogP contribution in [0.1, 0.15) is 45.9 Å².